The Morgan fingerprint density at radius 3 is 2.69 bits per heavy atom. The van der Waals surface area contributed by atoms with Gasteiger partial charge in [-0.1, -0.05) is 6.07 Å². The van der Waals surface area contributed by atoms with Gasteiger partial charge >= 0.3 is 5.97 Å². The molecule has 0 aliphatic carbocycles. The van der Waals surface area contributed by atoms with Crippen LogP contribution in [0.15, 0.2) is 6.07 Å². The summed E-state index contributed by atoms with van der Waals surface area (Å²) >= 11 is 0. The van der Waals surface area contributed by atoms with Crippen LogP contribution < -0.4 is 5.73 Å². The molecule has 0 aliphatic rings. The Balaban J connectivity index is 2.54. The predicted molar refractivity (Wildman–Crippen MR) is 63.3 cm³/mol. The van der Waals surface area contributed by atoms with Crippen molar-refractivity contribution in [3.8, 4) is 0 Å². The summed E-state index contributed by atoms with van der Waals surface area (Å²) in [6.45, 7) is 3.94. The van der Waals surface area contributed by atoms with E-state index in [0.717, 1.165) is 29.7 Å². The van der Waals surface area contributed by atoms with Crippen LogP contribution in [0.1, 0.15) is 36.1 Å². The van der Waals surface area contributed by atoms with Gasteiger partial charge in [0.15, 0.2) is 0 Å². The lowest BCUT2D eigenvalue weighted by molar-refractivity contribution is -0.137. The third-order valence-corrected chi connectivity index (χ3v) is 2.60. The van der Waals surface area contributed by atoms with E-state index in [1.54, 1.807) is 0 Å². The average molecular weight is 222 g/mol. The van der Waals surface area contributed by atoms with Crippen molar-refractivity contribution in [2.24, 2.45) is 0 Å². The second-order valence-corrected chi connectivity index (χ2v) is 4.05. The standard InChI is InChI=1S/C12H18N2O2/c1-8-7-9(2)12(13)14-10(8)5-3-4-6-11(15)16/h7H,3-6H2,1-2H3,(H2,13,14)(H,15,16). The van der Waals surface area contributed by atoms with Crippen LogP contribution in [0.3, 0.4) is 0 Å². The summed E-state index contributed by atoms with van der Waals surface area (Å²) < 4.78 is 0. The number of unbranched alkanes of at least 4 members (excludes halogenated alkanes) is 1. The lowest BCUT2D eigenvalue weighted by Gasteiger charge is -2.07. The van der Waals surface area contributed by atoms with E-state index in [4.69, 9.17) is 10.8 Å². The van der Waals surface area contributed by atoms with Gasteiger partial charge in [-0.15, -0.1) is 0 Å². The third kappa shape index (κ3) is 3.53. The first-order valence-electron chi connectivity index (χ1n) is 5.45. The fourth-order valence-electron chi connectivity index (χ4n) is 1.63. The molecule has 1 aromatic heterocycles. The first kappa shape index (κ1) is 12.5. The molecule has 0 atom stereocenters. The third-order valence-electron chi connectivity index (χ3n) is 2.60. The van der Waals surface area contributed by atoms with E-state index in [-0.39, 0.29) is 6.42 Å². The summed E-state index contributed by atoms with van der Waals surface area (Å²) in [7, 11) is 0. The molecule has 1 aromatic rings. The molecule has 3 N–H and O–H groups in total. The van der Waals surface area contributed by atoms with Crippen molar-refractivity contribution < 1.29 is 9.90 Å². The summed E-state index contributed by atoms with van der Waals surface area (Å²) in [5.41, 5.74) is 8.84. The van der Waals surface area contributed by atoms with Gasteiger partial charge in [-0.05, 0) is 44.2 Å². The van der Waals surface area contributed by atoms with Crippen LogP contribution in [-0.2, 0) is 11.2 Å². The molecule has 0 bridgehead atoms. The number of anilines is 1. The molecule has 0 radical (unpaired) electrons. The van der Waals surface area contributed by atoms with Crippen molar-refractivity contribution in [1.29, 1.82) is 0 Å². The maximum absolute atomic E-state index is 10.3. The minimum atomic E-state index is -0.742. The molecule has 16 heavy (non-hydrogen) atoms. The fraction of sp³-hybridized carbons (Fsp3) is 0.500. The van der Waals surface area contributed by atoms with Crippen molar-refractivity contribution in [3.05, 3.63) is 22.9 Å². The molecular formula is C12H18N2O2. The molecule has 88 valence electrons. The van der Waals surface area contributed by atoms with Gasteiger partial charge in [0.05, 0.1) is 0 Å². The number of carboxylic acid groups (broad SMARTS) is 1. The van der Waals surface area contributed by atoms with Crippen molar-refractivity contribution in [1.82, 2.24) is 4.98 Å². The number of nitrogens with zero attached hydrogens (tertiary/aromatic N) is 1. The second kappa shape index (κ2) is 5.49. The summed E-state index contributed by atoms with van der Waals surface area (Å²) in [6.07, 6.45) is 2.54. The molecule has 0 amide bonds. The number of rotatable bonds is 5. The average Bonchev–Trinajstić information content (AvgIpc) is 2.19. The quantitative estimate of drug-likeness (QED) is 0.748. The Morgan fingerprint density at radius 1 is 1.38 bits per heavy atom. The van der Waals surface area contributed by atoms with E-state index in [1.807, 2.05) is 19.9 Å². The number of nitrogen functional groups attached to an aromatic ring is 1. The van der Waals surface area contributed by atoms with Gasteiger partial charge in [0, 0.05) is 12.1 Å². The van der Waals surface area contributed by atoms with Gasteiger partial charge in [0.2, 0.25) is 0 Å². The highest BCUT2D eigenvalue weighted by Gasteiger charge is 2.04. The number of pyridine rings is 1. The van der Waals surface area contributed by atoms with Crippen LogP contribution in [0, 0.1) is 13.8 Å². The smallest absolute Gasteiger partial charge is 0.303 e. The monoisotopic (exact) mass is 222 g/mol. The van der Waals surface area contributed by atoms with Crippen LogP contribution in [-0.4, -0.2) is 16.1 Å². The predicted octanol–water partition coefficient (Wildman–Crippen LogP) is 2.08. The van der Waals surface area contributed by atoms with Gasteiger partial charge in [0.1, 0.15) is 5.82 Å². The van der Waals surface area contributed by atoms with Gasteiger partial charge in [0.25, 0.3) is 0 Å². The second-order valence-electron chi connectivity index (χ2n) is 4.05. The molecule has 0 spiro atoms. The lowest BCUT2D eigenvalue weighted by Crippen LogP contribution is -2.02. The molecule has 0 aliphatic heterocycles. The summed E-state index contributed by atoms with van der Waals surface area (Å²) in [4.78, 5) is 14.7. The molecule has 4 nitrogen and oxygen atoms in total. The summed E-state index contributed by atoms with van der Waals surface area (Å²) in [6, 6.07) is 2.02. The van der Waals surface area contributed by atoms with Crippen molar-refractivity contribution in [2.75, 3.05) is 5.73 Å². The number of carboxylic acids is 1. The molecule has 4 heteroatoms. The first-order valence-corrected chi connectivity index (χ1v) is 5.45. The number of carbonyl (C=O) groups is 1. The zero-order valence-electron chi connectivity index (χ0n) is 9.79. The van der Waals surface area contributed by atoms with E-state index < -0.39 is 5.97 Å². The van der Waals surface area contributed by atoms with E-state index in [1.165, 1.54) is 0 Å². The highest BCUT2D eigenvalue weighted by Crippen LogP contribution is 2.15. The first-order chi connectivity index (χ1) is 7.50. The zero-order valence-corrected chi connectivity index (χ0v) is 9.79. The van der Waals surface area contributed by atoms with E-state index in [2.05, 4.69) is 4.98 Å². The topological polar surface area (TPSA) is 76.2 Å². The number of hydrogen-bond acceptors (Lipinski definition) is 3. The largest absolute Gasteiger partial charge is 0.481 e. The fourth-order valence-corrected chi connectivity index (χ4v) is 1.63. The Bertz CT molecular complexity index is 389. The highest BCUT2D eigenvalue weighted by atomic mass is 16.4. The number of hydrogen-bond donors (Lipinski definition) is 2. The van der Waals surface area contributed by atoms with Gasteiger partial charge in [-0.2, -0.15) is 0 Å². The van der Waals surface area contributed by atoms with Crippen LogP contribution in [0.5, 0.6) is 0 Å². The minimum absolute atomic E-state index is 0.223. The van der Waals surface area contributed by atoms with Crippen molar-refractivity contribution >= 4 is 11.8 Å². The van der Waals surface area contributed by atoms with Crippen molar-refractivity contribution in [3.63, 3.8) is 0 Å². The Hall–Kier alpha value is -1.58. The molecule has 0 saturated heterocycles. The number of aryl methyl sites for hydroxylation is 3. The highest BCUT2D eigenvalue weighted by molar-refractivity contribution is 5.66. The van der Waals surface area contributed by atoms with Crippen molar-refractivity contribution in [2.45, 2.75) is 39.5 Å². The van der Waals surface area contributed by atoms with Crippen LogP contribution in [0.4, 0.5) is 5.82 Å². The summed E-state index contributed by atoms with van der Waals surface area (Å²) in [5, 5.41) is 8.51. The molecular weight excluding hydrogens is 204 g/mol. The molecule has 1 rings (SSSR count). The molecule has 0 unspecified atom stereocenters. The van der Waals surface area contributed by atoms with E-state index >= 15 is 0 Å². The van der Waals surface area contributed by atoms with Gasteiger partial charge in [-0.25, -0.2) is 4.98 Å². The molecule has 0 saturated carbocycles. The Labute approximate surface area is 95.5 Å². The maximum Gasteiger partial charge on any atom is 0.303 e. The lowest BCUT2D eigenvalue weighted by atomic mass is 10.1. The molecule has 1 heterocycles. The Kier molecular flexibility index (Phi) is 4.28. The Morgan fingerprint density at radius 2 is 2.06 bits per heavy atom. The van der Waals surface area contributed by atoms with Gasteiger partial charge in [-0.3, -0.25) is 4.79 Å². The zero-order chi connectivity index (χ0) is 12.1. The van der Waals surface area contributed by atoms with Crippen LogP contribution in [0.2, 0.25) is 0 Å². The normalized spacial score (nSPS) is 10.4. The number of aromatic nitrogens is 1. The summed E-state index contributed by atoms with van der Waals surface area (Å²) in [5.74, 6) is -0.174. The SMILES string of the molecule is Cc1cc(C)c(CCCCC(=O)O)nc1N. The number of aliphatic carboxylic acids is 1. The minimum Gasteiger partial charge on any atom is -0.481 e. The van der Waals surface area contributed by atoms with E-state index in [0.29, 0.717) is 12.2 Å². The molecule has 0 aromatic carbocycles. The van der Waals surface area contributed by atoms with Gasteiger partial charge < -0.3 is 10.8 Å². The molecule has 0 fully saturated rings. The van der Waals surface area contributed by atoms with Crippen LogP contribution >= 0.6 is 0 Å². The number of nitrogens with two attached hydrogens (primary N) is 1. The van der Waals surface area contributed by atoms with Crippen LogP contribution in [0.25, 0.3) is 0 Å². The van der Waals surface area contributed by atoms with E-state index in [9.17, 15) is 4.79 Å². The maximum atomic E-state index is 10.3.